The number of hydrogen-bond donors (Lipinski definition) is 1. The Kier molecular flexibility index (Phi) is 2.91. The van der Waals surface area contributed by atoms with E-state index in [4.69, 9.17) is 15.2 Å². The van der Waals surface area contributed by atoms with Gasteiger partial charge in [0.15, 0.2) is 11.5 Å². The van der Waals surface area contributed by atoms with Crippen LogP contribution in [0.15, 0.2) is 24.3 Å². The number of nitrogens with zero attached hydrogens (tertiary/aromatic N) is 2. The van der Waals surface area contributed by atoms with E-state index >= 15 is 0 Å². The van der Waals surface area contributed by atoms with E-state index in [-0.39, 0.29) is 12.8 Å². The SMILES string of the molecule is Cc1cc(C)n(C(CN)c2ccc3c(c2)OCO3)n1. The van der Waals surface area contributed by atoms with Gasteiger partial charge in [-0.2, -0.15) is 5.10 Å². The van der Waals surface area contributed by atoms with Crippen LogP contribution in [-0.2, 0) is 0 Å². The molecule has 0 radical (unpaired) electrons. The smallest absolute Gasteiger partial charge is 0.231 e. The minimum Gasteiger partial charge on any atom is -0.454 e. The number of benzene rings is 1. The molecule has 5 nitrogen and oxygen atoms in total. The summed E-state index contributed by atoms with van der Waals surface area (Å²) in [6, 6.07) is 7.99. The number of aromatic nitrogens is 2. The Labute approximate surface area is 111 Å². The number of nitrogens with two attached hydrogens (primary N) is 1. The van der Waals surface area contributed by atoms with Crippen molar-refractivity contribution in [1.29, 1.82) is 0 Å². The lowest BCUT2D eigenvalue weighted by Gasteiger charge is -2.18. The second-order valence-electron chi connectivity index (χ2n) is 4.74. The second kappa shape index (κ2) is 4.59. The van der Waals surface area contributed by atoms with Gasteiger partial charge in [0, 0.05) is 12.2 Å². The summed E-state index contributed by atoms with van der Waals surface area (Å²) in [7, 11) is 0. The van der Waals surface area contributed by atoms with Crippen LogP contribution in [0.1, 0.15) is 23.0 Å². The van der Waals surface area contributed by atoms with Crippen LogP contribution in [-0.4, -0.2) is 23.1 Å². The van der Waals surface area contributed by atoms with Crippen LogP contribution in [0.3, 0.4) is 0 Å². The third-order valence-electron chi connectivity index (χ3n) is 3.34. The maximum atomic E-state index is 5.93. The van der Waals surface area contributed by atoms with Crippen LogP contribution in [0.2, 0.25) is 0 Å². The molecule has 19 heavy (non-hydrogen) atoms. The fraction of sp³-hybridized carbons (Fsp3) is 0.357. The van der Waals surface area contributed by atoms with Gasteiger partial charge in [-0.3, -0.25) is 4.68 Å². The Morgan fingerprint density at radius 1 is 1.26 bits per heavy atom. The molecule has 1 aromatic heterocycles. The first-order valence-corrected chi connectivity index (χ1v) is 6.31. The van der Waals surface area contributed by atoms with E-state index in [1.807, 2.05) is 36.7 Å². The molecule has 100 valence electrons. The molecular weight excluding hydrogens is 242 g/mol. The van der Waals surface area contributed by atoms with E-state index in [1.165, 1.54) is 0 Å². The average Bonchev–Trinajstić information content (AvgIpc) is 2.97. The summed E-state index contributed by atoms with van der Waals surface area (Å²) >= 11 is 0. The molecule has 1 atom stereocenters. The third-order valence-corrected chi connectivity index (χ3v) is 3.34. The molecule has 0 fully saturated rings. The second-order valence-corrected chi connectivity index (χ2v) is 4.74. The standard InChI is InChI=1S/C14H17N3O2/c1-9-5-10(2)17(16-9)12(7-15)11-3-4-13-14(6-11)19-8-18-13/h3-6,12H,7-8,15H2,1-2H3. The van der Waals surface area contributed by atoms with Crippen molar-refractivity contribution in [3.8, 4) is 11.5 Å². The first-order valence-electron chi connectivity index (χ1n) is 6.31. The Morgan fingerprint density at radius 2 is 2.05 bits per heavy atom. The molecular formula is C14H17N3O2. The molecule has 3 rings (SSSR count). The van der Waals surface area contributed by atoms with Crippen LogP contribution in [0.25, 0.3) is 0 Å². The van der Waals surface area contributed by atoms with Crippen LogP contribution >= 0.6 is 0 Å². The van der Waals surface area contributed by atoms with Crippen molar-refractivity contribution in [2.45, 2.75) is 19.9 Å². The van der Waals surface area contributed by atoms with Crippen molar-refractivity contribution in [1.82, 2.24) is 9.78 Å². The van der Waals surface area contributed by atoms with Crippen LogP contribution < -0.4 is 15.2 Å². The quantitative estimate of drug-likeness (QED) is 0.912. The van der Waals surface area contributed by atoms with E-state index in [1.54, 1.807) is 0 Å². The summed E-state index contributed by atoms with van der Waals surface area (Å²) in [4.78, 5) is 0. The molecule has 2 heterocycles. The maximum Gasteiger partial charge on any atom is 0.231 e. The predicted octanol–water partition coefficient (Wildman–Crippen LogP) is 1.78. The zero-order valence-electron chi connectivity index (χ0n) is 11.1. The van der Waals surface area contributed by atoms with Gasteiger partial charge in [0.1, 0.15) is 0 Å². The molecule has 0 saturated heterocycles. The summed E-state index contributed by atoms with van der Waals surface area (Å²) in [5.41, 5.74) is 9.11. The van der Waals surface area contributed by atoms with Gasteiger partial charge in [0.05, 0.1) is 11.7 Å². The summed E-state index contributed by atoms with van der Waals surface area (Å²) in [5, 5.41) is 4.52. The summed E-state index contributed by atoms with van der Waals surface area (Å²) < 4.78 is 12.7. The Hall–Kier alpha value is -2.01. The van der Waals surface area contributed by atoms with Crippen molar-refractivity contribution >= 4 is 0 Å². The van der Waals surface area contributed by atoms with Gasteiger partial charge in [-0.15, -0.1) is 0 Å². The van der Waals surface area contributed by atoms with Gasteiger partial charge in [-0.05, 0) is 37.6 Å². The highest BCUT2D eigenvalue weighted by Crippen LogP contribution is 2.34. The molecule has 0 saturated carbocycles. The summed E-state index contributed by atoms with van der Waals surface area (Å²) in [5.74, 6) is 1.56. The predicted molar refractivity (Wildman–Crippen MR) is 71.5 cm³/mol. The first kappa shape index (κ1) is 12.0. The lowest BCUT2D eigenvalue weighted by molar-refractivity contribution is 0.174. The molecule has 0 spiro atoms. The molecule has 0 amide bonds. The van der Waals surface area contributed by atoms with Crippen LogP contribution in [0, 0.1) is 13.8 Å². The van der Waals surface area contributed by atoms with E-state index in [0.717, 1.165) is 28.5 Å². The van der Waals surface area contributed by atoms with Crippen molar-refractivity contribution in [2.24, 2.45) is 5.73 Å². The van der Waals surface area contributed by atoms with Crippen LogP contribution in [0.5, 0.6) is 11.5 Å². The summed E-state index contributed by atoms with van der Waals surface area (Å²) in [6.45, 7) is 4.79. The molecule has 1 aromatic carbocycles. The Morgan fingerprint density at radius 3 is 2.74 bits per heavy atom. The normalized spacial score (nSPS) is 14.7. The number of hydrogen-bond acceptors (Lipinski definition) is 4. The molecule has 1 unspecified atom stereocenters. The van der Waals surface area contributed by atoms with Gasteiger partial charge >= 0.3 is 0 Å². The van der Waals surface area contributed by atoms with E-state index < -0.39 is 0 Å². The van der Waals surface area contributed by atoms with Crippen molar-refractivity contribution in [3.63, 3.8) is 0 Å². The third kappa shape index (κ3) is 2.06. The lowest BCUT2D eigenvalue weighted by atomic mass is 10.1. The zero-order valence-corrected chi connectivity index (χ0v) is 11.1. The minimum absolute atomic E-state index is 0.0169. The van der Waals surface area contributed by atoms with E-state index in [0.29, 0.717) is 6.54 Å². The number of rotatable bonds is 3. The molecule has 1 aliphatic rings. The largest absolute Gasteiger partial charge is 0.454 e. The molecule has 1 aliphatic heterocycles. The molecule has 2 N–H and O–H groups in total. The van der Waals surface area contributed by atoms with Gasteiger partial charge in [-0.1, -0.05) is 6.07 Å². The molecule has 0 aliphatic carbocycles. The van der Waals surface area contributed by atoms with Crippen molar-refractivity contribution < 1.29 is 9.47 Å². The Bertz CT molecular complexity index is 607. The van der Waals surface area contributed by atoms with Gasteiger partial charge in [0.25, 0.3) is 0 Å². The first-order chi connectivity index (χ1) is 9.19. The Balaban J connectivity index is 2.00. The van der Waals surface area contributed by atoms with Crippen LogP contribution in [0.4, 0.5) is 0 Å². The maximum absolute atomic E-state index is 5.93. The lowest BCUT2D eigenvalue weighted by Crippen LogP contribution is -2.22. The van der Waals surface area contributed by atoms with Gasteiger partial charge < -0.3 is 15.2 Å². The van der Waals surface area contributed by atoms with Crippen molar-refractivity contribution in [2.75, 3.05) is 13.3 Å². The van der Waals surface area contributed by atoms with Gasteiger partial charge in [0.2, 0.25) is 6.79 Å². The van der Waals surface area contributed by atoms with Crippen molar-refractivity contribution in [3.05, 3.63) is 41.2 Å². The number of ether oxygens (including phenoxy) is 2. The fourth-order valence-electron chi connectivity index (χ4n) is 2.46. The summed E-state index contributed by atoms with van der Waals surface area (Å²) in [6.07, 6.45) is 0. The topological polar surface area (TPSA) is 62.3 Å². The molecule has 5 heteroatoms. The average molecular weight is 259 g/mol. The number of fused-ring (bicyclic) bond motifs is 1. The molecule has 2 aromatic rings. The fourth-order valence-corrected chi connectivity index (χ4v) is 2.46. The highest BCUT2D eigenvalue weighted by Gasteiger charge is 2.20. The minimum atomic E-state index is 0.0169. The zero-order chi connectivity index (χ0) is 13.4. The van der Waals surface area contributed by atoms with Gasteiger partial charge in [-0.25, -0.2) is 0 Å². The van der Waals surface area contributed by atoms with E-state index in [2.05, 4.69) is 11.2 Å². The highest BCUT2D eigenvalue weighted by atomic mass is 16.7. The monoisotopic (exact) mass is 259 g/mol. The molecule has 0 bridgehead atoms. The number of aryl methyl sites for hydroxylation is 2. The van der Waals surface area contributed by atoms with E-state index in [9.17, 15) is 0 Å². The highest BCUT2D eigenvalue weighted by molar-refractivity contribution is 5.45.